The van der Waals surface area contributed by atoms with Crippen molar-refractivity contribution in [2.75, 3.05) is 5.01 Å². The lowest BCUT2D eigenvalue weighted by Crippen LogP contribution is -2.21. The zero-order valence-electron chi connectivity index (χ0n) is 14.7. The number of carbonyl (C=O) groups excluding carboxylic acids is 1. The number of hydrazone groups is 1. The van der Waals surface area contributed by atoms with E-state index in [9.17, 15) is 15.0 Å². The summed E-state index contributed by atoms with van der Waals surface area (Å²) in [6.07, 6.45) is 1.66. The molecule has 0 unspecified atom stereocenters. The molecular weight excluding hydrogens is 352 g/mol. The molecule has 1 aliphatic rings. The van der Waals surface area contributed by atoms with Gasteiger partial charge in [0.1, 0.15) is 0 Å². The standard InChI is InChI=1S/C20H19ClN2O3/c1-11(2)19-15(8-13-5-7-17(24)18(25)9-13)20(26)23(22-19)14-6-4-12(3)16(21)10-14/h4-11,24-25H,1-3H3/b15-8+. The lowest BCUT2D eigenvalue weighted by Gasteiger charge is -2.12. The maximum absolute atomic E-state index is 13.0. The predicted octanol–water partition coefficient (Wildman–Crippen LogP) is 4.50. The number of carbonyl (C=O) groups is 1. The van der Waals surface area contributed by atoms with E-state index in [1.807, 2.05) is 26.8 Å². The van der Waals surface area contributed by atoms with Gasteiger partial charge < -0.3 is 10.2 Å². The molecule has 3 rings (SSSR count). The topological polar surface area (TPSA) is 73.1 Å². The first kappa shape index (κ1) is 18.0. The van der Waals surface area contributed by atoms with E-state index < -0.39 is 0 Å². The number of rotatable bonds is 3. The van der Waals surface area contributed by atoms with Gasteiger partial charge in [0.15, 0.2) is 11.5 Å². The summed E-state index contributed by atoms with van der Waals surface area (Å²) in [6.45, 7) is 5.81. The fourth-order valence-electron chi connectivity index (χ4n) is 2.68. The van der Waals surface area contributed by atoms with Gasteiger partial charge in [-0.15, -0.1) is 0 Å². The number of aryl methyl sites for hydroxylation is 1. The van der Waals surface area contributed by atoms with Gasteiger partial charge >= 0.3 is 0 Å². The second-order valence-corrected chi connectivity index (χ2v) is 6.90. The lowest BCUT2D eigenvalue weighted by molar-refractivity contribution is -0.114. The van der Waals surface area contributed by atoms with Crippen molar-refractivity contribution >= 4 is 35.0 Å². The molecule has 0 fully saturated rings. The van der Waals surface area contributed by atoms with Crippen LogP contribution in [-0.2, 0) is 4.79 Å². The van der Waals surface area contributed by atoms with Crippen LogP contribution in [0.1, 0.15) is 25.0 Å². The fourth-order valence-corrected chi connectivity index (χ4v) is 2.85. The minimum absolute atomic E-state index is 0.0295. The van der Waals surface area contributed by atoms with E-state index in [-0.39, 0.29) is 23.3 Å². The molecule has 0 spiro atoms. The van der Waals surface area contributed by atoms with Crippen LogP contribution in [0.5, 0.6) is 11.5 Å². The van der Waals surface area contributed by atoms with E-state index in [1.54, 1.807) is 24.3 Å². The van der Waals surface area contributed by atoms with E-state index in [0.29, 0.717) is 27.6 Å². The Balaban J connectivity index is 2.04. The second-order valence-electron chi connectivity index (χ2n) is 6.50. The van der Waals surface area contributed by atoms with Crippen molar-refractivity contribution in [3.05, 3.63) is 58.1 Å². The number of aromatic hydroxyl groups is 2. The van der Waals surface area contributed by atoms with Crippen molar-refractivity contribution in [3.8, 4) is 11.5 Å². The molecule has 6 heteroatoms. The number of benzene rings is 2. The van der Waals surface area contributed by atoms with E-state index in [2.05, 4.69) is 5.10 Å². The van der Waals surface area contributed by atoms with Crippen LogP contribution in [0, 0.1) is 12.8 Å². The third kappa shape index (κ3) is 3.30. The molecule has 1 amide bonds. The maximum atomic E-state index is 13.0. The van der Waals surface area contributed by atoms with Crippen LogP contribution in [0.4, 0.5) is 5.69 Å². The molecule has 0 aromatic heterocycles. The minimum Gasteiger partial charge on any atom is -0.504 e. The molecule has 1 aliphatic heterocycles. The predicted molar refractivity (Wildman–Crippen MR) is 104 cm³/mol. The average molecular weight is 371 g/mol. The molecular formula is C20H19ClN2O3. The number of nitrogens with zero attached hydrogens (tertiary/aromatic N) is 2. The molecule has 0 bridgehead atoms. The molecule has 1 heterocycles. The van der Waals surface area contributed by atoms with E-state index in [0.717, 1.165) is 5.56 Å². The number of phenolic OH excluding ortho intramolecular Hbond substituents is 2. The minimum atomic E-state index is -0.263. The largest absolute Gasteiger partial charge is 0.504 e. The van der Waals surface area contributed by atoms with Crippen molar-refractivity contribution in [2.24, 2.45) is 11.0 Å². The molecule has 5 nitrogen and oxygen atoms in total. The highest BCUT2D eigenvalue weighted by Gasteiger charge is 2.32. The van der Waals surface area contributed by atoms with E-state index in [1.165, 1.54) is 17.1 Å². The molecule has 0 aliphatic carbocycles. The Kier molecular flexibility index (Phi) is 4.74. The Morgan fingerprint density at radius 2 is 1.85 bits per heavy atom. The summed E-state index contributed by atoms with van der Waals surface area (Å²) in [4.78, 5) is 13.0. The highest BCUT2D eigenvalue weighted by molar-refractivity contribution is 6.34. The van der Waals surface area contributed by atoms with Gasteiger partial charge in [-0.1, -0.05) is 37.6 Å². The van der Waals surface area contributed by atoms with Crippen LogP contribution < -0.4 is 5.01 Å². The van der Waals surface area contributed by atoms with Gasteiger partial charge in [-0.2, -0.15) is 10.1 Å². The molecule has 0 saturated heterocycles. The molecule has 26 heavy (non-hydrogen) atoms. The van der Waals surface area contributed by atoms with Crippen LogP contribution >= 0.6 is 11.6 Å². The highest BCUT2D eigenvalue weighted by atomic mass is 35.5. The molecule has 2 aromatic carbocycles. The zero-order valence-corrected chi connectivity index (χ0v) is 15.4. The summed E-state index contributed by atoms with van der Waals surface area (Å²) >= 11 is 6.18. The highest BCUT2D eigenvalue weighted by Crippen LogP contribution is 2.31. The van der Waals surface area contributed by atoms with Crippen molar-refractivity contribution in [2.45, 2.75) is 20.8 Å². The molecule has 0 saturated carbocycles. The van der Waals surface area contributed by atoms with E-state index >= 15 is 0 Å². The summed E-state index contributed by atoms with van der Waals surface area (Å²) in [5.74, 6) is -0.684. The fraction of sp³-hybridized carbons (Fsp3) is 0.200. The number of hydrogen-bond donors (Lipinski definition) is 2. The van der Waals surface area contributed by atoms with Crippen LogP contribution in [0.15, 0.2) is 47.1 Å². The molecule has 0 atom stereocenters. The van der Waals surface area contributed by atoms with Gasteiger partial charge in [0, 0.05) is 5.02 Å². The first-order valence-corrected chi connectivity index (χ1v) is 8.59. The van der Waals surface area contributed by atoms with Crippen molar-refractivity contribution in [1.82, 2.24) is 0 Å². The summed E-state index contributed by atoms with van der Waals surface area (Å²) < 4.78 is 0. The second kappa shape index (κ2) is 6.84. The molecule has 134 valence electrons. The third-order valence-electron chi connectivity index (χ3n) is 4.16. The van der Waals surface area contributed by atoms with Crippen LogP contribution in [-0.4, -0.2) is 21.8 Å². The monoisotopic (exact) mass is 370 g/mol. The van der Waals surface area contributed by atoms with Crippen molar-refractivity contribution in [3.63, 3.8) is 0 Å². The van der Waals surface area contributed by atoms with Gasteiger partial charge in [0.25, 0.3) is 5.91 Å². The number of anilines is 1. The van der Waals surface area contributed by atoms with Gasteiger partial charge in [-0.3, -0.25) is 4.79 Å². The first-order chi connectivity index (χ1) is 12.3. The Hall–Kier alpha value is -2.79. The Labute approximate surface area is 156 Å². The summed E-state index contributed by atoms with van der Waals surface area (Å²) in [6, 6.07) is 9.76. The lowest BCUT2D eigenvalue weighted by atomic mass is 9.98. The average Bonchev–Trinajstić information content (AvgIpc) is 2.91. The van der Waals surface area contributed by atoms with Gasteiger partial charge in [-0.05, 0) is 54.3 Å². The number of hydrogen-bond acceptors (Lipinski definition) is 4. The van der Waals surface area contributed by atoms with Gasteiger partial charge in [0.05, 0.1) is 17.0 Å². The summed E-state index contributed by atoms with van der Waals surface area (Å²) in [7, 11) is 0. The quantitative estimate of drug-likeness (QED) is 0.617. The Bertz CT molecular complexity index is 948. The Morgan fingerprint density at radius 3 is 2.46 bits per heavy atom. The van der Waals surface area contributed by atoms with Gasteiger partial charge in [0.2, 0.25) is 0 Å². The normalized spacial score (nSPS) is 15.9. The summed E-state index contributed by atoms with van der Waals surface area (Å²) in [5.41, 5.74) is 3.22. The van der Waals surface area contributed by atoms with Crippen molar-refractivity contribution in [1.29, 1.82) is 0 Å². The smallest absolute Gasteiger partial charge is 0.280 e. The third-order valence-corrected chi connectivity index (χ3v) is 4.57. The number of amides is 1. The van der Waals surface area contributed by atoms with Crippen molar-refractivity contribution < 1.29 is 15.0 Å². The summed E-state index contributed by atoms with van der Waals surface area (Å²) in [5, 5.41) is 25.5. The van der Waals surface area contributed by atoms with E-state index in [4.69, 9.17) is 11.6 Å². The number of halogens is 1. The van der Waals surface area contributed by atoms with Crippen LogP contribution in [0.3, 0.4) is 0 Å². The SMILES string of the molecule is Cc1ccc(N2N=C(C(C)C)/C(=C\c3ccc(O)c(O)c3)C2=O)cc1Cl. The maximum Gasteiger partial charge on any atom is 0.280 e. The Morgan fingerprint density at radius 1 is 1.12 bits per heavy atom. The molecule has 0 radical (unpaired) electrons. The molecule has 2 aromatic rings. The number of phenols is 2. The molecule has 2 N–H and O–H groups in total. The van der Waals surface area contributed by atoms with Crippen LogP contribution in [0.2, 0.25) is 5.02 Å². The zero-order chi connectivity index (χ0) is 19.0. The van der Waals surface area contributed by atoms with Crippen LogP contribution in [0.25, 0.3) is 6.08 Å². The van der Waals surface area contributed by atoms with Gasteiger partial charge in [-0.25, -0.2) is 0 Å². The first-order valence-electron chi connectivity index (χ1n) is 8.21.